The van der Waals surface area contributed by atoms with Crippen molar-refractivity contribution in [2.24, 2.45) is 0 Å². The molecule has 254 valence electrons. The molecular weight excluding hydrogens is 638 g/mol. The maximum atomic E-state index is 14.3. The van der Waals surface area contributed by atoms with Gasteiger partial charge < -0.3 is 34.1 Å². The van der Waals surface area contributed by atoms with Gasteiger partial charge in [0.05, 0.1) is 37.4 Å². The lowest BCUT2D eigenvalue weighted by Gasteiger charge is -2.30. The zero-order valence-corrected chi connectivity index (χ0v) is 27.9. The highest BCUT2D eigenvalue weighted by atomic mass is 35.5. The van der Waals surface area contributed by atoms with Gasteiger partial charge in [-0.1, -0.05) is 11.6 Å². The monoisotopic (exact) mass is 681 g/mol. The van der Waals surface area contributed by atoms with Crippen LogP contribution in [-0.4, -0.2) is 119 Å². The molecule has 3 fully saturated rings. The molecule has 14 heteroatoms. The van der Waals surface area contributed by atoms with Gasteiger partial charge in [-0.3, -0.25) is 9.69 Å². The minimum Gasteiger partial charge on any atom is -0.493 e. The van der Waals surface area contributed by atoms with E-state index in [0.29, 0.717) is 42.0 Å². The van der Waals surface area contributed by atoms with Crippen molar-refractivity contribution in [3.63, 3.8) is 0 Å². The third-order valence-corrected chi connectivity index (χ3v) is 10.9. The lowest BCUT2D eigenvalue weighted by molar-refractivity contribution is -0.126. The molecule has 1 amide bonds. The Balaban J connectivity index is 1.37. The molecule has 0 saturated carbocycles. The zero-order chi connectivity index (χ0) is 32.7. The van der Waals surface area contributed by atoms with Crippen molar-refractivity contribution in [3.8, 4) is 17.2 Å². The molecule has 5 atom stereocenters. The topological polar surface area (TPSA) is 136 Å². The minimum atomic E-state index is -4.06. The summed E-state index contributed by atoms with van der Waals surface area (Å²) in [7, 11) is -1.12. The molecule has 3 heterocycles. The maximum Gasteiger partial charge on any atom is 0.243 e. The van der Waals surface area contributed by atoms with Crippen molar-refractivity contribution in [2.75, 3.05) is 60.2 Å². The first kappa shape index (κ1) is 34.7. The SMILES string of the molecule is COc1ccc(S(=O)(=O)N(CC2CCCO2)C2CC(C(=O)NCC3CCCO3)N(CC(O)COc3ccc(Cl)cc3)C2)cc1OC. The molecule has 2 aromatic rings. The molecule has 3 aliphatic heterocycles. The van der Waals surface area contributed by atoms with E-state index in [9.17, 15) is 18.3 Å². The third-order valence-electron chi connectivity index (χ3n) is 8.69. The summed E-state index contributed by atoms with van der Waals surface area (Å²) in [6.07, 6.45) is 2.38. The van der Waals surface area contributed by atoms with Crippen LogP contribution < -0.4 is 19.5 Å². The minimum absolute atomic E-state index is 0.0172. The summed E-state index contributed by atoms with van der Waals surface area (Å²) in [5.41, 5.74) is 0. The number of carbonyl (C=O) groups excluding carboxylic acids is 1. The maximum absolute atomic E-state index is 14.3. The number of hydrogen-bond acceptors (Lipinski definition) is 10. The van der Waals surface area contributed by atoms with Gasteiger partial charge in [-0.15, -0.1) is 0 Å². The summed E-state index contributed by atoms with van der Waals surface area (Å²) < 4.78 is 58.2. The predicted molar refractivity (Wildman–Crippen MR) is 171 cm³/mol. The number of aliphatic hydroxyl groups is 1. The Morgan fingerprint density at radius 1 is 1.07 bits per heavy atom. The second kappa shape index (κ2) is 16.0. The van der Waals surface area contributed by atoms with Crippen LogP contribution in [0.4, 0.5) is 0 Å². The van der Waals surface area contributed by atoms with Crippen LogP contribution in [0.3, 0.4) is 0 Å². The van der Waals surface area contributed by atoms with E-state index in [1.54, 1.807) is 30.3 Å². The van der Waals surface area contributed by atoms with Crippen molar-refractivity contribution in [2.45, 2.75) is 67.4 Å². The largest absolute Gasteiger partial charge is 0.493 e. The van der Waals surface area contributed by atoms with E-state index in [1.807, 2.05) is 4.90 Å². The van der Waals surface area contributed by atoms with Crippen LogP contribution in [0, 0.1) is 0 Å². The van der Waals surface area contributed by atoms with E-state index in [-0.39, 0.29) is 55.7 Å². The molecule has 5 rings (SSSR count). The van der Waals surface area contributed by atoms with Gasteiger partial charge in [0.1, 0.15) is 18.5 Å². The molecule has 12 nitrogen and oxygen atoms in total. The summed E-state index contributed by atoms with van der Waals surface area (Å²) in [4.78, 5) is 15.5. The smallest absolute Gasteiger partial charge is 0.243 e. The molecule has 0 bridgehead atoms. The van der Waals surface area contributed by atoms with E-state index in [2.05, 4.69) is 5.32 Å². The van der Waals surface area contributed by atoms with Crippen LogP contribution >= 0.6 is 11.6 Å². The molecule has 46 heavy (non-hydrogen) atoms. The van der Waals surface area contributed by atoms with E-state index in [4.69, 9.17) is 35.3 Å². The molecule has 3 aliphatic rings. The predicted octanol–water partition coefficient (Wildman–Crippen LogP) is 2.70. The number of sulfonamides is 1. The van der Waals surface area contributed by atoms with Crippen LogP contribution in [0.1, 0.15) is 32.1 Å². The number of amides is 1. The second-order valence-electron chi connectivity index (χ2n) is 11.9. The number of likely N-dealkylation sites (tertiary alicyclic amines) is 1. The number of β-amino-alcohol motifs (C(OH)–C–C–N with tert-alkyl or cyclic N) is 1. The molecule has 0 spiro atoms. The van der Waals surface area contributed by atoms with Crippen LogP contribution in [0.25, 0.3) is 0 Å². The fourth-order valence-electron chi connectivity index (χ4n) is 6.29. The lowest BCUT2D eigenvalue weighted by atomic mass is 10.1. The summed E-state index contributed by atoms with van der Waals surface area (Å²) in [6, 6.07) is 10.1. The highest BCUT2D eigenvalue weighted by molar-refractivity contribution is 7.89. The van der Waals surface area contributed by atoms with E-state index in [1.165, 1.54) is 30.7 Å². The summed E-state index contributed by atoms with van der Waals surface area (Å²) in [5.74, 6) is 1.03. The van der Waals surface area contributed by atoms with Crippen LogP contribution in [-0.2, 0) is 24.3 Å². The lowest BCUT2D eigenvalue weighted by Crippen LogP contribution is -2.48. The summed E-state index contributed by atoms with van der Waals surface area (Å²) >= 11 is 5.97. The molecule has 2 N–H and O–H groups in total. The first-order valence-corrected chi connectivity index (χ1v) is 17.5. The van der Waals surface area contributed by atoms with Gasteiger partial charge in [0, 0.05) is 56.5 Å². The Morgan fingerprint density at radius 2 is 1.76 bits per heavy atom. The number of nitrogens with zero attached hydrogens (tertiary/aromatic N) is 2. The van der Waals surface area contributed by atoms with Gasteiger partial charge >= 0.3 is 0 Å². The fraction of sp³-hybridized carbons (Fsp3) is 0.594. The van der Waals surface area contributed by atoms with Gasteiger partial charge in [0.2, 0.25) is 15.9 Å². The van der Waals surface area contributed by atoms with Gasteiger partial charge in [-0.25, -0.2) is 8.42 Å². The number of nitrogens with one attached hydrogen (secondary N) is 1. The Kier molecular flexibility index (Phi) is 12.0. The molecular formula is C32H44ClN3O9S. The molecule has 0 radical (unpaired) electrons. The van der Waals surface area contributed by atoms with Gasteiger partial charge in [-0.05, 0) is 68.5 Å². The number of benzene rings is 2. The first-order valence-electron chi connectivity index (χ1n) is 15.7. The van der Waals surface area contributed by atoms with E-state index < -0.39 is 28.2 Å². The fourth-order valence-corrected chi connectivity index (χ4v) is 8.09. The number of hydrogen-bond donors (Lipinski definition) is 2. The zero-order valence-electron chi connectivity index (χ0n) is 26.3. The molecule has 0 aromatic heterocycles. The van der Waals surface area contributed by atoms with Crippen LogP contribution in [0.5, 0.6) is 17.2 Å². The number of methoxy groups -OCH3 is 2. The number of aliphatic hydroxyl groups excluding tert-OH is 1. The number of halogens is 1. The molecule has 5 unspecified atom stereocenters. The van der Waals surface area contributed by atoms with E-state index in [0.717, 1.165) is 25.7 Å². The molecule has 3 saturated heterocycles. The average Bonchev–Trinajstić information content (AvgIpc) is 3.85. The second-order valence-corrected chi connectivity index (χ2v) is 14.2. The van der Waals surface area contributed by atoms with Crippen molar-refractivity contribution in [1.29, 1.82) is 0 Å². The van der Waals surface area contributed by atoms with Crippen molar-refractivity contribution in [3.05, 3.63) is 47.5 Å². The van der Waals surface area contributed by atoms with Gasteiger partial charge in [-0.2, -0.15) is 4.31 Å². The number of rotatable bonds is 15. The summed E-state index contributed by atoms with van der Waals surface area (Å²) in [5, 5.41) is 14.6. The van der Waals surface area contributed by atoms with Crippen molar-refractivity contribution in [1.82, 2.24) is 14.5 Å². The van der Waals surface area contributed by atoms with Crippen LogP contribution in [0.15, 0.2) is 47.4 Å². The van der Waals surface area contributed by atoms with Crippen LogP contribution in [0.2, 0.25) is 5.02 Å². The van der Waals surface area contributed by atoms with Crippen molar-refractivity contribution < 1.29 is 42.0 Å². The Labute approximate surface area is 275 Å². The number of carbonyl (C=O) groups is 1. The Hall–Kier alpha value is -2.65. The Morgan fingerprint density at radius 3 is 2.41 bits per heavy atom. The third kappa shape index (κ3) is 8.62. The number of ether oxygens (including phenoxy) is 5. The molecule has 0 aliphatic carbocycles. The van der Waals surface area contributed by atoms with Gasteiger partial charge in [0.25, 0.3) is 0 Å². The van der Waals surface area contributed by atoms with Gasteiger partial charge in [0.15, 0.2) is 11.5 Å². The highest BCUT2D eigenvalue weighted by Gasteiger charge is 2.45. The van der Waals surface area contributed by atoms with E-state index >= 15 is 0 Å². The normalized spacial score (nSPS) is 24.3. The standard InChI is InChI=1S/C32H44ClN3O9S/c1-41-30-12-11-28(16-31(30)42-2)46(39,40)36(20-27-6-4-14-44-27)23-15-29(32(38)34-17-26-5-3-13-43-26)35(18-23)19-24(37)21-45-25-9-7-22(33)8-10-25/h7-12,16,23-24,26-27,29,37H,3-6,13-15,17-21H2,1-2H3,(H,34,38). The van der Waals surface area contributed by atoms with Crippen molar-refractivity contribution >= 4 is 27.5 Å². The highest BCUT2D eigenvalue weighted by Crippen LogP contribution is 2.34. The Bertz CT molecular complexity index is 1400. The first-order chi connectivity index (χ1) is 22.2. The quantitative estimate of drug-likeness (QED) is 0.289. The average molecular weight is 682 g/mol. The molecule has 2 aromatic carbocycles. The summed E-state index contributed by atoms with van der Waals surface area (Å²) in [6.45, 7) is 2.07.